The number of hydrogen-bond acceptors (Lipinski definition) is 5. The van der Waals surface area contributed by atoms with Gasteiger partial charge in [-0.2, -0.15) is 16.7 Å². The smallest absolute Gasteiger partial charge is 0.239 e. The molecule has 1 heterocycles. The molecule has 1 aromatic heterocycles. The van der Waals surface area contributed by atoms with Crippen molar-refractivity contribution in [2.45, 2.75) is 32.4 Å². The third-order valence-corrected chi connectivity index (χ3v) is 3.94. The number of nitrogens with one attached hydrogen (secondary N) is 1. The summed E-state index contributed by atoms with van der Waals surface area (Å²) in [5, 5.41) is 3.32. The van der Waals surface area contributed by atoms with Crippen molar-refractivity contribution in [3.63, 3.8) is 0 Å². The van der Waals surface area contributed by atoms with Crippen LogP contribution in [0.3, 0.4) is 0 Å². The van der Waals surface area contributed by atoms with Crippen molar-refractivity contribution in [3.05, 3.63) is 12.1 Å². The fourth-order valence-corrected chi connectivity index (χ4v) is 1.50. The zero-order valence-corrected chi connectivity index (χ0v) is 13.3. The number of anilines is 2. The predicted molar refractivity (Wildman–Crippen MR) is 85.1 cm³/mol. The monoisotopic (exact) mass is 283 g/mol. The summed E-state index contributed by atoms with van der Waals surface area (Å²) in [5.41, 5.74) is 6.44. The van der Waals surface area contributed by atoms with Gasteiger partial charge in [-0.1, -0.05) is 13.8 Å². The summed E-state index contributed by atoms with van der Waals surface area (Å²) in [6.45, 7) is 10.0. The minimum Gasteiger partial charge on any atom is -0.476 e. The van der Waals surface area contributed by atoms with Crippen molar-refractivity contribution >= 4 is 23.3 Å². The van der Waals surface area contributed by atoms with Gasteiger partial charge in [0.25, 0.3) is 0 Å². The lowest BCUT2D eigenvalue weighted by Gasteiger charge is -2.22. The standard InChI is InChI=1S/C14H25N3OS/c1-10(2)8-18-13-11(15)6-7-12(17-13)16-9-14(3,4)19-5/h6-7,10H,8-9,15H2,1-5H3,(H,16,17). The Bertz CT molecular complexity index is 408. The van der Waals surface area contributed by atoms with Crippen molar-refractivity contribution in [1.82, 2.24) is 4.98 Å². The zero-order valence-electron chi connectivity index (χ0n) is 12.5. The molecule has 0 aliphatic carbocycles. The predicted octanol–water partition coefficient (Wildman–Crippen LogP) is 3.25. The first-order chi connectivity index (χ1) is 8.84. The van der Waals surface area contributed by atoms with Gasteiger partial charge in [0.05, 0.1) is 12.3 Å². The van der Waals surface area contributed by atoms with Gasteiger partial charge < -0.3 is 15.8 Å². The highest BCUT2D eigenvalue weighted by atomic mass is 32.2. The Labute approximate surface area is 120 Å². The molecule has 0 aromatic carbocycles. The number of thioether (sulfide) groups is 1. The molecule has 0 spiro atoms. The van der Waals surface area contributed by atoms with Crippen LogP contribution >= 0.6 is 11.8 Å². The van der Waals surface area contributed by atoms with Crippen LogP contribution in [0.4, 0.5) is 11.5 Å². The van der Waals surface area contributed by atoms with E-state index in [1.54, 1.807) is 0 Å². The molecule has 0 amide bonds. The molecule has 0 atom stereocenters. The van der Waals surface area contributed by atoms with Crippen LogP contribution in [0.2, 0.25) is 0 Å². The molecule has 0 bridgehead atoms. The lowest BCUT2D eigenvalue weighted by molar-refractivity contribution is 0.263. The molecule has 4 nitrogen and oxygen atoms in total. The van der Waals surface area contributed by atoms with Gasteiger partial charge in [0.15, 0.2) is 0 Å². The maximum atomic E-state index is 5.86. The molecule has 19 heavy (non-hydrogen) atoms. The molecule has 108 valence electrons. The van der Waals surface area contributed by atoms with Gasteiger partial charge in [0.1, 0.15) is 5.82 Å². The number of hydrogen-bond donors (Lipinski definition) is 2. The Hall–Kier alpha value is -1.10. The normalized spacial score (nSPS) is 11.7. The van der Waals surface area contributed by atoms with Crippen LogP contribution in [-0.4, -0.2) is 29.1 Å². The van der Waals surface area contributed by atoms with E-state index in [1.807, 2.05) is 23.9 Å². The molecule has 5 heteroatoms. The fourth-order valence-electron chi connectivity index (χ4n) is 1.29. The van der Waals surface area contributed by atoms with Crippen molar-refractivity contribution < 1.29 is 4.74 Å². The zero-order chi connectivity index (χ0) is 14.5. The maximum Gasteiger partial charge on any atom is 0.239 e. The van der Waals surface area contributed by atoms with Crippen LogP contribution in [0.25, 0.3) is 0 Å². The molecule has 0 saturated carbocycles. The average molecular weight is 283 g/mol. The Kier molecular flexibility index (Phi) is 5.79. The number of ether oxygens (including phenoxy) is 1. The van der Waals surface area contributed by atoms with Crippen LogP contribution in [-0.2, 0) is 0 Å². The molecule has 0 aliphatic rings. The van der Waals surface area contributed by atoms with Gasteiger partial charge in [-0.3, -0.25) is 0 Å². The van der Waals surface area contributed by atoms with Gasteiger partial charge >= 0.3 is 0 Å². The second-order valence-electron chi connectivity index (χ2n) is 5.61. The first kappa shape index (κ1) is 16.0. The summed E-state index contributed by atoms with van der Waals surface area (Å²) >= 11 is 1.82. The Morgan fingerprint density at radius 2 is 2.11 bits per heavy atom. The van der Waals surface area contributed by atoms with Gasteiger partial charge in [0.2, 0.25) is 5.88 Å². The Morgan fingerprint density at radius 3 is 2.68 bits per heavy atom. The maximum absolute atomic E-state index is 5.86. The van der Waals surface area contributed by atoms with E-state index < -0.39 is 0 Å². The third-order valence-electron chi connectivity index (χ3n) is 2.69. The van der Waals surface area contributed by atoms with Crippen molar-refractivity contribution in [2.75, 3.05) is 30.5 Å². The number of nitrogen functional groups attached to an aromatic ring is 1. The highest BCUT2D eigenvalue weighted by Crippen LogP contribution is 2.24. The van der Waals surface area contributed by atoms with Gasteiger partial charge in [-0.15, -0.1) is 0 Å². The number of nitrogens with two attached hydrogens (primary N) is 1. The van der Waals surface area contributed by atoms with Crippen LogP contribution in [0.5, 0.6) is 5.88 Å². The highest BCUT2D eigenvalue weighted by Gasteiger charge is 2.16. The highest BCUT2D eigenvalue weighted by molar-refractivity contribution is 7.99. The lowest BCUT2D eigenvalue weighted by atomic mass is 10.2. The van der Waals surface area contributed by atoms with Crippen LogP contribution in [0.15, 0.2) is 12.1 Å². The van der Waals surface area contributed by atoms with E-state index in [2.05, 4.69) is 44.3 Å². The first-order valence-electron chi connectivity index (χ1n) is 6.52. The van der Waals surface area contributed by atoms with E-state index in [1.165, 1.54) is 0 Å². The number of nitrogens with zero attached hydrogens (tertiary/aromatic N) is 1. The quantitative estimate of drug-likeness (QED) is 0.804. The van der Waals surface area contributed by atoms with E-state index in [-0.39, 0.29) is 4.75 Å². The minimum absolute atomic E-state index is 0.169. The summed E-state index contributed by atoms with van der Waals surface area (Å²) in [7, 11) is 0. The summed E-state index contributed by atoms with van der Waals surface area (Å²) in [6, 6.07) is 3.71. The van der Waals surface area contributed by atoms with Crippen molar-refractivity contribution in [1.29, 1.82) is 0 Å². The van der Waals surface area contributed by atoms with E-state index in [4.69, 9.17) is 10.5 Å². The number of rotatable bonds is 7. The first-order valence-corrected chi connectivity index (χ1v) is 7.75. The molecule has 0 saturated heterocycles. The molecule has 0 fully saturated rings. The third kappa shape index (κ3) is 5.59. The molecule has 0 aliphatic heterocycles. The van der Waals surface area contributed by atoms with E-state index in [9.17, 15) is 0 Å². The summed E-state index contributed by atoms with van der Waals surface area (Å²) < 4.78 is 5.78. The van der Waals surface area contributed by atoms with E-state index in [0.717, 1.165) is 12.4 Å². The lowest BCUT2D eigenvalue weighted by Crippen LogP contribution is -2.26. The minimum atomic E-state index is 0.169. The van der Waals surface area contributed by atoms with Crippen LogP contribution in [0, 0.1) is 5.92 Å². The Balaban J connectivity index is 2.67. The molecule has 0 radical (unpaired) electrons. The molecule has 1 rings (SSSR count). The van der Waals surface area contributed by atoms with Crippen molar-refractivity contribution in [3.8, 4) is 5.88 Å². The molecule has 1 aromatic rings. The average Bonchev–Trinajstić information content (AvgIpc) is 2.36. The Morgan fingerprint density at radius 1 is 1.42 bits per heavy atom. The second kappa shape index (κ2) is 6.89. The topological polar surface area (TPSA) is 60.2 Å². The van der Waals surface area contributed by atoms with Crippen LogP contribution in [0.1, 0.15) is 27.7 Å². The summed E-state index contributed by atoms with van der Waals surface area (Å²) in [5.74, 6) is 1.77. The second-order valence-corrected chi connectivity index (χ2v) is 7.13. The van der Waals surface area contributed by atoms with Crippen molar-refractivity contribution in [2.24, 2.45) is 5.92 Å². The summed E-state index contributed by atoms with van der Waals surface area (Å²) in [4.78, 5) is 4.41. The molecule has 3 N–H and O–H groups in total. The van der Waals surface area contributed by atoms with Gasteiger partial charge in [0, 0.05) is 11.3 Å². The molecule has 0 unspecified atom stereocenters. The van der Waals surface area contributed by atoms with Gasteiger partial charge in [-0.05, 0) is 38.2 Å². The van der Waals surface area contributed by atoms with E-state index >= 15 is 0 Å². The number of aromatic nitrogens is 1. The van der Waals surface area contributed by atoms with Gasteiger partial charge in [-0.25, -0.2) is 0 Å². The van der Waals surface area contributed by atoms with Crippen LogP contribution < -0.4 is 15.8 Å². The summed E-state index contributed by atoms with van der Waals surface area (Å²) in [6.07, 6.45) is 2.11. The molecular formula is C14H25N3OS. The number of pyridine rings is 1. The SMILES string of the molecule is CSC(C)(C)CNc1ccc(N)c(OCC(C)C)n1. The largest absolute Gasteiger partial charge is 0.476 e. The molecular weight excluding hydrogens is 258 g/mol. The van der Waals surface area contributed by atoms with E-state index in [0.29, 0.717) is 24.1 Å². The fraction of sp³-hybridized carbons (Fsp3) is 0.643.